The number of aromatic nitrogens is 4. The van der Waals surface area contributed by atoms with Gasteiger partial charge < -0.3 is 25.3 Å². The van der Waals surface area contributed by atoms with Crippen LogP contribution in [0.4, 0.5) is 37.9 Å². The summed E-state index contributed by atoms with van der Waals surface area (Å²) >= 11 is 0. The quantitative estimate of drug-likeness (QED) is 0.0954. The number of carbonyl (C=O) groups excluding carboxylic acids is 3. The molecule has 0 bridgehead atoms. The molecule has 0 unspecified atom stereocenters. The number of benzene rings is 2. The maximum absolute atomic E-state index is 13.7. The van der Waals surface area contributed by atoms with E-state index in [-0.39, 0.29) is 14.8 Å². The van der Waals surface area contributed by atoms with Crippen LogP contribution < -0.4 is 20.9 Å². The largest absolute Gasteiger partial charge is 0.443 e. The highest BCUT2D eigenvalue weighted by atomic mass is 16.6. The number of amides is 3. The van der Waals surface area contributed by atoms with Crippen molar-refractivity contribution in [2.24, 2.45) is 0 Å². The zero-order valence-electron chi connectivity index (χ0n) is 41.8. The number of nitrogens with one attached hydrogen (secondary N) is 1. The molecule has 2 aromatic carbocycles. The Morgan fingerprint density at radius 2 is 1.13 bits per heavy atom. The van der Waals surface area contributed by atoms with Crippen molar-refractivity contribution in [3.8, 4) is 0 Å². The standard InChI is InChI=1S/C33H49N5O6.C18H25N5.CH4.H2/c1-11-12-19-37(28(39)42-31(2,3)4)26-24-22-36(21-23-16-14-13-15-17-23)20-18-25(24)34-27(35-26)38(29(40)43-32(5,6)7)30(41)44-33(8,9)10;1-2-3-10-20-17-15-13-23(12-14-7-5-4-6-8-14)11-9-16(15)21-18(19)22-17;;/h13-17H,11-12,18-22H2,1-10H3;4-8H,2-3,9-13H2,1H3,(H3,19,20,21,22);1H4;1H/i;;;1+1. The molecule has 3 N–H and O–H groups in total. The molecule has 0 saturated heterocycles. The summed E-state index contributed by atoms with van der Waals surface area (Å²) in [7, 11) is 0. The Morgan fingerprint density at radius 1 is 0.662 bits per heavy atom. The van der Waals surface area contributed by atoms with Crippen LogP contribution in [0.25, 0.3) is 0 Å². The number of ether oxygens (including phenoxy) is 3. The SMILES string of the molecule is C.CCCCN(C(=O)OC(C)(C)C)c1nc(N(C(=O)OC(C)(C)C)C(=O)OC(C)(C)C)nc2c1CN(Cc1ccccc1)CC2.CCCCNc1nc(N)nc2c1CN(Cc1ccccc1)CC2.[2HH]. The molecule has 16 nitrogen and oxygen atoms in total. The first kappa shape index (κ1) is 54.7. The number of fused-ring (bicyclic) bond motifs is 2. The lowest BCUT2D eigenvalue weighted by molar-refractivity contribution is 0.0426. The second-order valence-electron chi connectivity index (χ2n) is 20.1. The Balaban J connectivity index is 0.000000423. The van der Waals surface area contributed by atoms with Crippen molar-refractivity contribution in [1.82, 2.24) is 29.7 Å². The number of nitrogen functional groups attached to an aromatic ring is 1. The van der Waals surface area contributed by atoms with Crippen molar-refractivity contribution in [2.45, 2.75) is 165 Å². The van der Waals surface area contributed by atoms with Gasteiger partial charge in [-0.1, -0.05) is 94.8 Å². The van der Waals surface area contributed by atoms with Gasteiger partial charge in [-0.05, 0) is 86.3 Å². The first-order chi connectivity index (χ1) is 31.6. The van der Waals surface area contributed by atoms with E-state index in [1.54, 1.807) is 62.3 Å². The summed E-state index contributed by atoms with van der Waals surface area (Å²) in [5.41, 5.74) is 9.48. The Bertz CT molecular complexity index is 2240. The monoisotopic (exact) mass is 942 g/mol. The summed E-state index contributed by atoms with van der Waals surface area (Å²) in [6.07, 6.45) is 2.72. The summed E-state index contributed by atoms with van der Waals surface area (Å²) in [4.78, 5) is 65.9. The van der Waals surface area contributed by atoms with Gasteiger partial charge >= 0.3 is 18.3 Å². The van der Waals surface area contributed by atoms with Gasteiger partial charge in [0.05, 0.1) is 11.4 Å². The number of hydrogen-bond donors (Lipinski definition) is 2. The molecule has 3 amide bonds. The number of nitrogens with zero attached hydrogens (tertiary/aromatic N) is 8. The second-order valence-corrected chi connectivity index (χ2v) is 20.1. The Hall–Kier alpha value is -5.87. The molecule has 0 aliphatic carbocycles. The average molecular weight is 942 g/mol. The summed E-state index contributed by atoms with van der Waals surface area (Å²) in [6.45, 7) is 25.8. The molecule has 2 aliphatic heterocycles. The third-order valence-electron chi connectivity index (χ3n) is 10.5. The Morgan fingerprint density at radius 3 is 1.62 bits per heavy atom. The van der Waals surface area contributed by atoms with Crippen LogP contribution in [0.3, 0.4) is 0 Å². The van der Waals surface area contributed by atoms with Crippen LogP contribution in [0.1, 0.15) is 144 Å². The lowest BCUT2D eigenvalue weighted by Gasteiger charge is -2.34. The highest BCUT2D eigenvalue weighted by molar-refractivity contribution is 6.08. The molecule has 0 atom stereocenters. The summed E-state index contributed by atoms with van der Waals surface area (Å²) in [5, 5.41) is 3.44. The van der Waals surface area contributed by atoms with Gasteiger partial charge in [0, 0.05) is 77.8 Å². The lowest BCUT2D eigenvalue weighted by atomic mass is 10.0. The molecular formula is C52H80N10O6. The molecule has 0 fully saturated rings. The average Bonchev–Trinajstić information content (AvgIpc) is 3.23. The smallest absolute Gasteiger partial charge is 0.427 e. The summed E-state index contributed by atoms with van der Waals surface area (Å²) in [6, 6.07) is 20.7. The van der Waals surface area contributed by atoms with Gasteiger partial charge in [0.25, 0.3) is 0 Å². The number of hydrogen-bond acceptors (Lipinski definition) is 14. The van der Waals surface area contributed by atoms with E-state index in [4.69, 9.17) is 29.9 Å². The van der Waals surface area contributed by atoms with Gasteiger partial charge in [0.2, 0.25) is 11.9 Å². The Labute approximate surface area is 406 Å². The fourth-order valence-electron chi connectivity index (χ4n) is 7.51. The van der Waals surface area contributed by atoms with Crippen LogP contribution in [0.15, 0.2) is 60.7 Å². The van der Waals surface area contributed by atoms with Gasteiger partial charge in [-0.25, -0.2) is 24.4 Å². The molecule has 0 spiro atoms. The normalized spacial score (nSPS) is 13.9. The van der Waals surface area contributed by atoms with E-state index in [2.05, 4.69) is 74.5 Å². The first-order valence-electron chi connectivity index (χ1n) is 23.7. The maximum Gasteiger partial charge on any atom is 0.427 e. The van der Waals surface area contributed by atoms with E-state index >= 15 is 0 Å². The number of nitrogens with two attached hydrogens (primary N) is 1. The van der Waals surface area contributed by atoms with Crippen molar-refractivity contribution in [2.75, 3.05) is 47.0 Å². The number of unbranched alkanes of at least 4 members (excludes halogenated alkanes) is 2. The molecule has 2 aliphatic rings. The van der Waals surface area contributed by atoms with Crippen LogP contribution in [0, 0.1) is 0 Å². The number of carbonyl (C=O) groups is 3. The van der Waals surface area contributed by atoms with E-state index in [1.807, 2.05) is 25.1 Å². The fourth-order valence-corrected chi connectivity index (χ4v) is 7.51. The van der Waals surface area contributed by atoms with E-state index in [0.29, 0.717) is 61.4 Å². The van der Waals surface area contributed by atoms with Gasteiger partial charge in [-0.3, -0.25) is 14.7 Å². The third-order valence-corrected chi connectivity index (χ3v) is 10.5. The van der Waals surface area contributed by atoms with Crippen molar-refractivity contribution in [3.63, 3.8) is 0 Å². The van der Waals surface area contributed by atoms with Gasteiger partial charge in [-0.2, -0.15) is 9.97 Å². The summed E-state index contributed by atoms with van der Waals surface area (Å²) in [5.74, 6) is 1.37. The van der Waals surface area contributed by atoms with Gasteiger partial charge in [0.1, 0.15) is 28.4 Å². The van der Waals surface area contributed by atoms with Crippen molar-refractivity contribution < 1.29 is 30.0 Å². The van der Waals surface area contributed by atoms with Crippen molar-refractivity contribution >= 4 is 41.8 Å². The molecule has 6 rings (SSSR count). The van der Waals surface area contributed by atoms with Gasteiger partial charge in [0.15, 0.2) is 0 Å². The number of imide groups is 1. The van der Waals surface area contributed by atoms with Crippen LogP contribution in [-0.4, -0.2) is 91.0 Å². The van der Waals surface area contributed by atoms with E-state index in [1.165, 1.54) is 16.0 Å². The molecule has 4 heterocycles. The van der Waals surface area contributed by atoms with E-state index in [9.17, 15) is 14.4 Å². The van der Waals surface area contributed by atoms with Crippen LogP contribution in [-0.2, 0) is 53.2 Å². The molecule has 0 radical (unpaired) electrons. The minimum atomic E-state index is -0.975. The van der Waals surface area contributed by atoms with Crippen molar-refractivity contribution in [1.29, 1.82) is 0 Å². The topological polar surface area (TPSA) is 181 Å². The predicted octanol–water partition coefficient (Wildman–Crippen LogP) is 11.0. The molecule has 374 valence electrons. The summed E-state index contributed by atoms with van der Waals surface area (Å²) < 4.78 is 17.0. The van der Waals surface area contributed by atoms with Gasteiger partial charge in [-0.15, -0.1) is 4.90 Å². The molecule has 68 heavy (non-hydrogen) atoms. The second kappa shape index (κ2) is 24.4. The van der Waals surface area contributed by atoms with Crippen LogP contribution >= 0.6 is 0 Å². The zero-order valence-corrected chi connectivity index (χ0v) is 41.8. The molecule has 0 saturated carbocycles. The number of anilines is 4. The predicted molar refractivity (Wildman–Crippen MR) is 273 cm³/mol. The number of rotatable bonds is 13. The molecule has 4 aromatic rings. The minimum absolute atomic E-state index is 0. The van der Waals surface area contributed by atoms with E-state index in [0.717, 1.165) is 74.5 Å². The highest BCUT2D eigenvalue weighted by Crippen LogP contribution is 2.33. The van der Waals surface area contributed by atoms with Crippen LogP contribution in [0.5, 0.6) is 0 Å². The highest BCUT2D eigenvalue weighted by Gasteiger charge is 2.38. The molecule has 2 aromatic heterocycles. The molecular weight excluding hydrogens is 861 g/mol. The lowest BCUT2D eigenvalue weighted by Crippen LogP contribution is -2.46. The minimum Gasteiger partial charge on any atom is -0.443 e. The molecule has 16 heteroatoms. The van der Waals surface area contributed by atoms with Crippen LogP contribution in [0.2, 0.25) is 0 Å². The zero-order chi connectivity index (χ0) is 48.9. The maximum atomic E-state index is 13.7. The third kappa shape index (κ3) is 16.7. The fraction of sp³-hybridized carbons (Fsp3) is 0.558. The van der Waals surface area contributed by atoms with E-state index < -0.39 is 35.1 Å². The first-order valence-corrected chi connectivity index (χ1v) is 23.7. The van der Waals surface area contributed by atoms with Crippen molar-refractivity contribution in [3.05, 3.63) is 94.3 Å². The Kier molecular flexibility index (Phi) is 19.7.